The summed E-state index contributed by atoms with van der Waals surface area (Å²) in [4.78, 5) is 17.8. The second-order valence-corrected chi connectivity index (χ2v) is 12.2. The van der Waals surface area contributed by atoms with E-state index in [9.17, 15) is 8.42 Å². The zero-order valence-electron chi connectivity index (χ0n) is 20.2. The fraction of sp³-hybridized carbons (Fsp3) is 0.478. The first-order chi connectivity index (χ1) is 17.3. The minimum Gasteiger partial charge on any atom is -0.470 e. The molecule has 1 unspecified atom stereocenters. The SMILES string of the molecule is CC(C)C1CNCC[C@@]1(CCOc1nc2ccc(-c3cnc(S(C)(=O)=O)nc3)nc2s1)c1cnno1. The molecule has 190 valence electrons. The number of sulfone groups is 1. The minimum atomic E-state index is -3.46. The highest BCUT2D eigenvalue weighted by atomic mass is 32.2. The molecule has 5 heterocycles. The molecule has 2 atom stereocenters. The third kappa shape index (κ3) is 4.82. The van der Waals surface area contributed by atoms with E-state index in [-0.39, 0.29) is 10.6 Å². The smallest absolute Gasteiger partial charge is 0.275 e. The molecule has 5 rings (SSSR count). The predicted molar refractivity (Wildman–Crippen MR) is 133 cm³/mol. The fourth-order valence-electron chi connectivity index (χ4n) is 4.93. The first kappa shape index (κ1) is 24.7. The maximum Gasteiger partial charge on any atom is 0.275 e. The van der Waals surface area contributed by atoms with Crippen molar-refractivity contribution in [2.75, 3.05) is 26.0 Å². The van der Waals surface area contributed by atoms with E-state index < -0.39 is 9.84 Å². The van der Waals surface area contributed by atoms with Gasteiger partial charge in [-0.25, -0.2) is 28.4 Å². The molecule has 4 aromatic rings. The summed E-state index contributed by atoms with van der Waals surface area (Å²) in [5.74, 6) is 1.62. The molecule has 1 saturated heterocycles. The van der Waals surface area contributed by atoms with Gasteiger partial charge >= 0.3 is 0 Å². The molecule has 1 N–H and O–H groups in total. The number of hydrogen-bond donors (Lipinski definition) is 1. The lowest BCUT2D eigenvalue weighted by Crippen LogP contribution is -2.50. The molecule has 0 radical (unpaired) electrons. The Morgan fingerprint density at radius 3 is 2.72 bits per heavy atom. The molecule has 0 bridgehead atoms. The van der Waals surface area contributed by atoms with Crippen molar-refractivity contribution in [1.29, 1.82) is 0 Å². The molecule has 0 aromatic carbocycles. The van der Waals surface area contributed by atoms with E-state index in [0.717, 1.165) is 43.5 Å². The van der Waals surface area contributed by atoms with Crippen LogP contribution in [-0.4, -0.2) is 64.7 Å². The van der Waals surface area contributed by atoms with Crippen molar-refractivity contribution in [3.8, 4) is 16.5 Å². The van der Waals surface area contributed by atoms with Crippen molar-refractivity contribution in [2.24, 2.45) is 11.8 Å². The highest BCUT2D eigenvalue weighted by Gasteiger charge is 2.46. The van der Waals surface area contributed by atoms with E-state index in [4.69, 9.17) is 9.26 Å². The molecule has 4 aromatic heterocycles. The number of rotatable bonds is 8. The van der Waals surface area contributed by atoms with E-state index in [1.807, 2.05) is 6.07 Å². The fourth-order valence-corrected chi connectivity index (χ4v) is 6.23. The predicted octanol–water partition coefficient (Wildman–Crippen LogP) is 2.91. The van der Waals surface area contributed by atoms with E-state index in [2.05, 4.69) is 49.5 Å². The zero-order chi connectivity index (χ0) is 25.3. The lowest BCUT2D eigenvalue weighted by Gasteiger charge is -2.44. The Morgan fingerprint density at radius 2 is 2.03 bits per heavy atom. The van der Waals surface area contributed by atoms with Crippen LogP contribution in [0.1, 0.15) is 32.4 Å². The number of nitrogens with zero attached hydrogens (tertiary/aromatic N) is 6. The van der Waals surface area contributed by atoms with Crippen LogP contribution in [0.15, 0.2) is 40.4 Å². The zero-order valence-corrected chi connectivity index (χ0v) is 21.8. The van der Waals surface area contributed by atoms with Crippen LogP contribution < -0.4 is 10.1 Å². The molecule has 0 amide bonds. The number of thiazole rings is 1. The van der Waals surface area contributed by atoms with Crippen LogP contribution in [0, 0.1) is 11.8 Å². The van der Waals surface area contributed by atoms with Gasteiger partial charge in [0.05, 0.1) is 18.5 Å². The van der Waals surface area contributed by atoms with E-state index >= 15 is 0 Å². The Kier molecular flexibility index (Phi) is 6.70. The molecular weight excluding hydrogens is 502 g/mol. The Morgan fingerprint density at radius 1 is 1.22 bits per heavy atom. The Hall–Kier alpha value is -3.03. The van der Waals surface area contributed by atoms with Gasteiger partial charge in [-0.3, -0.25) is 0 Å². The van der Waals surface area contributed by atoms with Gasteiger partial charge in [0.2, 0.25) is 15.0 Å². The largest absolute Gasteiger partial charge is 0.470 e. The summed E-state index contributed by atoms with van der Waals surface area (Å²) in [6, 6.07) is 3.66. The summed E-state index contributed by atoms with van der Waals surface area (Å²) in [6.45, 7) is 6.73. The molecular formula is C23H27N7O4S2. The lowest BCUT2D eigenvalue weighted by atomic mass is 9.63. The molecule has 0 aliphatic carbocycles. The first-order valence-electron chi connectivity index (χ1n) is 11.7. The van der Waals surface area contributed by atoms with Gasteiger partial charge < -0.3 is 14.6 Å². The van der Waals surface area contributed by atoms with Crippen LogP contribution >= 0.6 is 11.3 Å². The lowest BCUT2D eigenvalue weighted by molar-refractivity contribution is 0.0902. The highest BCUT2D eigenvalue weighted by molar-refractivity contribution is 7.90. The summed E-state index contributed by atoms with van der Waals surface area (Å²) >= 11 is 1.36. The molecule has 0 spiro atoms. The van der Waals surface area contributed by atoms with Crippen LogP contribution in [0.4, 0.5) is 0 Å². The molecule has 36 heavy (non-hydrogen) atoms. The van der Waals surface area contributed by atoms with Gasteiger partial charge in [0.1, 0.15) is 10.3 Å². The highest BCUT2D eigenvalue weighted by Crippen LogP contribution is 2.44. The summed E-state index contributed by atoms with van der Waals surface area (Å²) in [5.41, 5.74) is 1.77. The molecule has 1 aliphatic rings. The van der Waals surface area contributed by atoms with Crippen LogP contribution in [-0.2, 0) is 15.3 Å². The maximum absolute atomic E-state index is 11.6. The third-order valence-electron chi connectivity index (χ3n) is 6.74. The maximum atomic E-state index is 11.6. The van der Waals surface area contributed by atoms with Gasteiger partial charge in [0, 0.05) is 34.9 Å². The second-order valence-electron chi connectivity index (χ2n) is 9.37. The minimum absolute atomic E-state index is 0.205. The van der Waals surface area contributed by atoms with Crippen LogP contribution in [0.5, 0.6) is 5.19 Å². The standard InChI is InChI=1S/C23H27N7O4S2/c1-14(2)16-12-24-8-6-23(16,19-13-27-30-34-19)7-9-33-22-29-18-5-4-17(28-20(18)35-22)15-10-25-21(26-11-15)36(3,31)32/h4-5,10-11,13-14,16,24H,6-9,12H2,1-3H3/t16?,23-/m0/s1. The van der Waals surface area contributed by atoms with E-state index in [1.165, 1.54) is 23.7 Å². The van der Waals surface area contributed by atoms with Crippen LogP contribution in [0.3, 0.4) is 0 Å². The number of aromatic nitrogens is 6. The number of ether oxygens (including phenoxy) is 1. The van der Waals surface area contributed by atoms with Crippen molar-refractivity contribution >= 4 is 31.5 Å². The molecule has 13 heteroatoms. The van der Waals surface area contributed by atoms with E-state index in [0.29, 0.717) is 39.7 Å². The van der Waals surface area contributed by atoms with Gasteiger partial charge in [0.15, 0.2) is 5.76 Å². The molecule has 1 fully saturated rings. The summed E-state index contributed by atoms with van der Waals surface area (Å²) < 4.78 is 34.9. The summed E-state index contributed by atoms with van der Waals surface area (Å²) in [6.07, 6.45) is 7.39. The van der Waals surface area contributed by atoms with Gasteiger partial charge in [-0.05, 0) is 49.9 Å². The number of nitrogens with one attached hydrogen (secondary N) is 1. The van der Waals surface area contributed by atoms with Gasteiger partial charge in [0.25, 0.3) is 5.19 Å². The number of hydrogen-bond acceptors (Lipinski definition) is 12. The Balaban J connectivity index is 1.33. The van der Waals surface area contributed by atoms with Crippen molar-refractivity contribution in [3.63, 3.8) is 0 Å². The quantitative estimate of drug-likeness (QED) is 0.336. The summed E-state index contributed by atoms with van der Waals surface area (Å²) in [7, 11) is -3.46. The average Bonchev–Trinajstić information content (AvgIpc) is 3.53. The topological polar surface area (TPSA) is 146 Å². The van der Waals surface area contributed by atoms with E-state index in [1.54, 1.807) is 12.3 Å². The number of piperidine rings is 1. The van der Waals surface area contributed by atoms with Crippen molar-refractivity contribution in [1.82, 2.24) is 35.6 Å². The van der Waals surface area contributed by atoms with Crippen molar-refractivity contribution < 1.29 is 17.7 Å². The van der Waals surface area contributed by atoms with Crippen molar-refractivity contribution in [3.05, 3.63) is 36.5 Å². The third-order valence-corrected chi connectivity index (χ3v) is 8.50. The number of fused-ring (bicyclic) bond motifs is 1. The normalized spacial score (nSPS) is 20.7. The van der Waals surface area contributed by atoms with Crippen molar-refractivity contribution in [2.45, 2.75) is 37.3 Å². The van der Waals surface area contributed by atoms with Crippen LogP contribution in [0.2, 0.25) is 0 Å². The van der Waals surface area contributed by atoms with Gasteiger partial charge in [-0.2, -0.15) is 0 Å². The summed E-state index contributed by atoms with van der Waals surface area (Å²) in [5, 5.41) is 11.5. The average molecular weight is 530 g/mol. The monoisotopic (exact) mass is 529 g/mol. The van der Waals surface area contributed by atoms with Gasteiger partial charge in [-0.1, -0.05) is 25.2 Å². The number of pyridine rings is 1. The molecule has 1 aliphatic heterocycles. The Bertz CT molecular complexity index is 1440. The van der Waals surface area contributed by atoms with Crippen LogP contribution in [0.25, 0.3) is 21.6 Å². The van der Waals surface area contributed by atoms with Gasteiger partial charge in [-0.15, -0.1) is 5.10 Å². The molecule has 11 nitrogen and oxygen atoms in total. The second kappa shape index (κ2) is 9.79. The first-order valence-corrected chi connectivity index (χ1v) is 14.4. The Labute approximate surface area is 212 Å². The molecule has 0 saturated carbocycles.